The topological polar surface area (TPSA) is 45.4 Å². The van der Waals surface area contributed by atoms with Gasteiger partial charge in [0, 0.05) is 31.9 Å². The Kier molecular flexibility index (Phi) is 3.89. The number of pyridine rings is 1. The number of piperazine rings is 1. The van der Waals surface area contributed by atoms with Crippen LogP contribution in [0.1, 0.15) is 30.4 Å². The van der Waals surface area contributed by atoms with Crippen LogP contribution in [0.25, 0.3) is 0 Å². The van der Waals surface area contributed by atoms with Crippen LogP contribution in [0.4, 0.5) is 5.82 Å². The van der Waals surface area contributed by atoms with Gasteiger partial charge in [-0.2, -0.15) is 0 Å². The highest BCUT2D eigenvalue weighted by molar-refractivity contribution is 7.80. The van der Waals surface area contributed by atoms with Gasteiger partial charge in [-0.15, -0.1) is 0 Å². The minimum Gasteiger partial charge on any atom is -0.389 e. The van der Waals surface area contributed by atoms with E-state index >= 15 is 0 Å². The van der Waals surface area contributed by atoms with Gasteiger partial charge in [0.2, 0.25) is 0 Å². The van der Waals surface area contributed by atoms with Crippen molar-refractivity contribution in [2.24, 2.45) is 5.73 Å². The third kappa shape index (κ3) is 2.52. The molecule has 0 amide bonds. The fourth-order valence-electron chi connectivity index (χ4n) is 3.44. The Morgan fingerprint density at radius 3 is 3.00 bits per heavy atom. The maximum atomic E-state index is 5.91. The molecule has 1 aromatic rings. The van der Waals surface area contributed by atoms with Crippen molar-refractivity contribution in [3.05, 3.63) is 23.4 Å². The van der Waals surface area contributed by atoms with Gasteiger partial charge in [-0.25, -0.2) is 4.98 Å². The summed E-state index contributed by atoms with van der Waals surface area (Å²) in [5, 5.41) is 0. The van der Waals surface area contributed by atoms with Gasteiger partial charge in [0.15, 0.2) is 0 Å². The molecule has 2 aliphatic heterocycles. The van der Waals surface area contributed by atoms with Crippen LogP contribution < -0.4 is 10.6 Å². The highest BCUT2D eigenvalue weighted by Gasteiger charge is 2.30. The van der Waals surface area contributed by atoms with Crippen LogP contribution in [0.5, 0.6) is 0 Å². The lowest BCUT2D eigenvalue weighted by molar-refractivity contribution is 0.133. The standard InChI is InChI=1S/C15H22N4S/c1-11-5-6-17-15(13(11)14(16)20)19-9-8-18-7-3-2-4-12(18)10-19/h5-6,12H,2-4,7-10H2,1H3,(H2,16,20). The summed E-state index contributed by atoms with van der Waals surface area (Å²) in [5.41, 5.74) is 7.98. The zero-order chi connectivity index (χ0) is 14.1. The number of fused-ring (bicyclic) bond motifs is 1. The molecule has 108 valence electrons. The van der Waals surface area contributed by atoms with E-state index in [0.717, 1.165) is 36.6 Å². The molecule has 0 aromatic carbocycles. The van der Waals surface area contributed by atoms with Crippen molar-refractivity contribution in [1.29, 1.82) is 0 Å². The molecule has 2 saturated heterocycles. The molecule has 0 saturated carbocycles. The number of thiocarbonyl (C=S) groups is 1. The molecule has 4 nitrogen and oxygen atoms in total. The van der Waals surface area contributed by atoms with Gasteiger partial charge in [0.25, 0.3) is 0 Å². The first-order valence-corrected chi connectivity index (χ1v) is 7.82. The highest BCUT2D eigenvalue weighted by Crippen LogP contribution is 2.27. The van der Waals surface area contributed by atoms with Gasteiger partial charge in [0.1, 0.15) is 10.8 Å². The number of hydrogen-bond acceptors (Lipinski definition) is 4. The molecule has 2 aliphatic rings. The van der Waals surface area contributed by atoms with Gasteiger partial charge in [-0.05, 0) is 37.9 Å². The van der Waals surface area contributed by atoms with E-state index in [1.54, 1.807) is 0 Å². The van der Waals surface area contributed by atoms with Crippen LogP contribution in [0.3, 0.4) is 0 Å². The summed E-state index contributed by atoms with van der Waals surface area (Å²) >= 11 is 5.22. The first-order chi connectivity index (χ1) is 9.66. The average Bonchev–Trinajstić information content (AvgIpc) is 2.46. The van der Waals surface area contributed by atoms with Gasteiger partial charge < -0.3 is 10.6 Å². The van der Waals surface area contributed by atoms with Crippen LogP contribution in [-0.2, 0) is 0 Å². The summed E-state index contributed by atoms with van der Waals surface area (Å²) in [5.74, 6) is 0.975. The Morgan fingerprint density at radius 2 is 2.20 bits per heavy atom. The predicted octanol–water partition coefficient (Wildman–Crippen LogP) is 1.70. The third-order valence-electron chi connectivity index (χ3n) is 4.52. The Labute approximate surface area is 126 Å². The van der Waals surface area contributed by atoms with Gasteiger partial charge >= 0.3 is 0 Å². The Morgan fingerprint density at radius 1 is 1.35 bits per heavy atom. The summed E-state index contributed by atoms with van der Waals surface area (Å²) in [6, 6.07) is 2.65. The van der Waals surface area contributed by atoms with Crippen LogP contribution in [0.15, 0.2) is 12.3 Å². The zero-order valence-electron chi connectivity index (χ0n) is 12.0. The van der Waals surface area contributed by atoms with Crippen molar-refractivity contribution in [3.8, 4) is 0 Å². The number of anilines is 1. The Bertz CT molecular complexity index is 517. The maximum Gasteiger partial charge on any atom is 0.139 e. The predicted molar refractivity (Wildman–Crippen MR) is 86.3 cm³/mol. The molecule has 1 atom stereocenters. The van der Waals surface area contributed by atoms with Crippen molar-refractivity contribution in [1.82, 2.24) is 9.88 Å². The molecular formula is C15H22N4S. The number of aryl methyl sites for hydroxylation is 1. The van der Waals surface area contributed by atoms with Crippen molar-refractivity contribution >= 4 is 23.0 Å². The molecule has 3 heterocycles. The van der Waals surface area contributed by atoms with E-state index in [4.69, 9.17) is 18.0 Å². The lowest BCUT2D eigenvalue weighted by Crippen LogP contribution is -2.55. The number of piperidine rings is 1. The molecule has 0 spiro atoms. The molecular weight excluding hydrogens is 268 g/mol. The summed E-state index contributed by atoms with van der Waals surface area (Å²) in [4.78, 5) is 10.0. The van der Waals surface area contributed by atoms with Crippen LogP contribution in [0.2, 0.25) is 0 Å². The monoisotopic (exact) mass is 290 g/mol. The second-order valence-corrected chi connectivity index (χ2v) is 6.26. The van der Waals surface area contributed by atoms with E-state index in [-0.39, 0.29) is 0 Å². The maximum absolute atomic E-state index is 5.91. The molecule has 0 radical (unpaired) electrons. The number of nitrogens with two attached hydrogens (primary N) is 1. The summed E-state index contributed by atoms with van der Waals surface area (Å²) in [6.07, 6.45) is 5.85. The smallest absolute Gasteiger partial charge is 0.139 e. The van der Waals surface area contributed by atoms with Crippen molar-refractivity contribution in [2.45, 2.75) is 32.2 Å². The van der Waals surface area contributed by atoms with Crippen LogP contribution in [0, 0.1) is 6.92 Å². The molecule has 3 rings (SSSR count). The number of nitrogens with zero attached hydrogens (tertiary/aromatic N) is 3. The summed E-state index contributed by atoms with van der Waals surface area (Å²) in [7, 11) is 0. The van der Waals surface area contributed by atoms with E-state index in [1.807, 2.05) is 12.3 Å². The van der Waals surface area contributed by atoms with Crippen LogP contribution in [-0.4, -0.2) is 47.1 Å². The molecule has 2 N–H and O–H groups in total. The van der Waals surface area contributed by atoms with Crippen molar-refractivity contribution in [3.63, 3.8) is 0 Å². The third-order valence-corrected chi connectivity index (χ3v) is 4.73. The first-order valence-electron chi connectivity index (χ1n) is 7.41. The van der Waals surface area contributed by atoms with E-state index < -0.39 is 0 Å². The second-order valence-electron chi connectivity index (χ2n) is 5.82. The minimum atomic E-state index is 0.455. The molecule has 5 heteroatoms. The summed E-state index contributed by atoms with van der Waals surface area (Å²) < 4.78 is 0. The van der Waals surface area contributed by atoms with E-state index in [0.29, 0.717) is 11.0 Å². The first kappa shape index (κ1) is 13.8. The lowest BCUT2D eigenvalue weighted by Gasteiger charge is -2.44. The summed E-state index contributed by atoms with van der Waals surface area (Å²) in [6.45, 7) is 6.49. The molecule has 0 bridgehead atoms. The molecule has 2 fully saturated rings. The quantitative estimate of drug-likeness (QED) is 0.840. The van der Waals surface area contributed by atoms with Gasteiger partial charge in [-0.3, -0.25) is 4.90 Å². The fourth-order valence-corrected chi connectivity index (χ4v) is 3.69. The fraction of sp³-hybridized carbons (Fsp3) is 0.600. The second kappa shape index (κ2) is 5.66. The van der Waals surface area contributed by atoms with Gasteiger partial charge in [-0.1, -0.05) is 18.6 Å². The Balaban J connectivity index is 1.86. The van der Waals surface area contributed by atoms with E-state index in [2.05, 4.69) is 21.7 Å². The molecule has 0 aliphatic carbocycles. The van der Waals surface area contributed by atoms with Gasteiger partial charge in [0.05, 0.1) is 5.56 Å². The molecule has 1 aromatic heterocycles. The highest BCUT2D eigenvalue weighted by atomic mass is 32.1. The lowest BCUT2D eigenvalue weighted by atomic mass is 9.99. The number of hydrogen-bond donors (Lipinski definition) is 1. The van der Waals surface area contributed by atoms with Crippen molar-refractivity contribution in [2.75, 3.05) is 31.1 Å². The van der Waals surface area contributed by atoms with Crippen molar-refractivity contribution < 1.29 is 0 Å². The van der Waals surface area contributed by atoms with E-state index in [9.17, 15) is 0 Å². The average molecular weight is 290 g/mol. The zero-order valence-corrected chi connectivity index (χ0v) is 12.8. The van der Waals surface area contributed by atoms with Crippen LogP contribution >= 0.6 is 12.2 Å². The largest absolute Gasteiger partial charge is 0.389 e. The SMILES string of the molecule is Cc1ccnc(N2CCN3CCCCC3C2)c1C(N)=S. The molecule has 20 heavy (non-hydrogen) atoms. The van der Waals surface area contributed by atoms with E-state index in [1.165, 1.54) is 25.8 Å². The number of aromatic nitrogens is 1. The number of rotatable bonds is 2. The normalized spacial score (nSPS) is 23.4. The minimum absolute atomic E-state index is 0.455. The Hall–Kier alpha value is -1.20. The molecule has 1 unspecified atom stereocenters.